The third kappa shape index (κ3) is 1.81. The van der Waals surface area contributed by atoms with Crippen LogP contribution >= 0.6 is 0 Å². The Morgan fingerprint density at radius 2 is 2.00 bits per heavy atom. The van der Waals surface area contributed by atoms with Gasteiger partial charge in [0.1, 0.15) is 0 Å². The van der Waals surface area contributed by atoms with E-state index in [2.05, 4.69) is 19.1 Å². The highest BCUT2D eigenvalue weighted by Crippen LogP contribution is 2.52. The third-order valence-electron chi connectivity index (χ3n) is 5.45. The fourth-order valence-corrected chi connectivity index (χ4v) is 4.02. The van der Waals surface area contributed by atoms with E-state index >= 15 is 0 Å². The summed E-state index contributed by atoms with van der Waals surface area (Å²) in [6.07, 6.45) is 16.4. The maximum absolute atomic E-state index is 2.67. The number of rotatable bonds is 3. The van der Waals surface area contributed by atoms with Crippen molar-refractivity contribution in [1.29, 1.82) is 0 Å². The van der Waals surface area contributed by atoms with Gasteiger partial charge in [-0.3, -0.25) is 0 Å². The number of hydrogen-bond donors (Lipinski definition) is 0. The van der Waals surface area contributed by atoms with E-state index in [1.807, 2.05) is 5.57 Å². The topological polar surface area (TPSA) is 0 Å². The van der Waals surface area contributed by atoms with Gasteiger partial charge in [-0.1, -0.05) is 30.2 Å². The molecule has 0 aromatic rings. The maximum atomic E-state index is 2.67. The molecule has 0 aromatic carbocycles. The van der Waals surface area contributed by atoms with E-state index in [1.165, 1.54) is 51.4 Å². The highest BCUT2D eigenvalue weighted by molar-refractivity contribution is 5.44. The molecule has 3 saturated carbocycles. The molecule has 4 aliphatic rings. The van der Waals surface area contributed by atoms with Gasteiger partial charge < -0.3 is 0 Å². The third-order valence-corrected chi connectivity index (χ3v) is 5.45. The molecule has 0 amide bonds. The molecular weight excluding hydrogens is 216 g/mol. The molecule has 0 N–H and O–H groups in total. The average Bonchev–Trinajstić information content (AvgIpc) is 3.16. The molecule has 2 atom stereocenters. The minimum Gasteiger partial charge on any atom is -0.0803 e. The van der Waals surface area contributed by atoms with Crippen molar-refractivity contribution in [1.82, 2.24) is 0 Å². The van der Waals surface area contributed by atoms with Gasteiger partial charge in [-0.2, -0.15) is 0 Å². The van der Waals surface area contributed by atoms with Crippen molar-refractivity contribution in [2.75, 3.05) is 0 Å². The quantitative estimate of drug-likeness (QED) is 0.596. The maximum Gasteiger partial charge on any atom is -0.00949 e. The fourth-order valence-electron chi connectivity index (χ4n) is 4.02. The average molecular weight is 240 g/mol. The summed E-state index contributed by atoms with van der Waals surface area (Å²) in [6.45, 7) is 2.34. The Balaban J connectivity index is 1.65. The summed E-state index contributed by atoms with van der Waals surface area (Å²) in [5, 5.41) is 0. The molecule has 0 nitrogen and oxygen atoms in total. The summed E-state index contributed by atoms with van der Waals surface area (Å²) in [6, 6.07) is 0. The Bertz CT molecular complexity index is 450. The largest absolute Gasteiger partial charge is 0.0803 e. The second kappa shape index (κ2) is 4.11. The second-order valence-electron chi connectivity index (χ2n) is 6.66. The van der Waals surface area contributed by atoms with Crippen LogP contribution in [0.15, 0.2) is 34.4 Å². The molecule has 4 aliphatic carbocycles. The zero-order chi connectivity index (χ0) is 12.1. The van der Waals surface area contributed by atoms with Crippen molar-refractivity contribution >= 4 is 0 Å². The first kappa shape index (κ1) is 11.1. The standard InChI is InChI=1S/C18H24/c1-2-16(12-3-4-12)14-7-9-17(13-5-6-13)18-10-8-15(18)11-14/h9,11,13,15,18H,2-8,10H2,1H3. The Morgan fingerprint density at radius 3 is 2.56 bits per heavy atom. The second-order valence-corrected chi connectivity index (χ2v) is 6.66. The van der Waals surface area contributed by atoms with Gasteiger partial charge in [-0.25, -0.2) is 0 Å². The van der Waals surface area contributed by atoms with Crippen molar-refractivity contribution in [3.05, 3.63) is 34.4 Å². The normalized spacial score (nSPS) is 33.9. The first-order chi connectivity index (χ1) is 8.86. The van der Waals surface area contributed by atoms with Crippen LogP contribution in [0.5, 0.6) is 0 Å². The minimum absolute atomic E-state index is 0.898. The first-order valence-electron chi connectivity index (χ1n) is 7.98. The van der Waals surface area contributed by atoms with Crippen LogP contribution in [0.25, 0.3) is 0 Å². The number of fused-ring (bicyclic) bond motifs is 1. The van der Waals surface area contributed by atoms with Crippen molar-refractivity contribution < 1.29 is 0 Å². The lowest BCUT2D eigenvalue weighted by atomic mass is 9.68. The van der Waals surface area contributed by atoms with Crippen LogP contribution in [0.3, 0.4) is 0 Å². The van der Waals surface area contributed by atoms with Gasteiger partial charge >= 0.3 is 0 Å². The van der Waals surface area contributed by atoms with Crippen molar-refractivity contribution in [3.63, 3.8) is 0 Å². The van der Waals surface area contributed by atoms with E-state index in [0.29, 0.717) is 0 Å². The Morgan fingerprint density at radius 1 is 1.17 bits per heavy atom. The predicted molar refractivity (Wildman–Crippen MR) is 76.3 cm³/mol. The number of allylic oxidation sites excluding steroid dienone is 6. The van der Waals surface area contributed by atoms with E-state index in [4.69, 9.17) is 0 Å². The van der Waals surface area contributed by atoms with Crippen LogP contribution in [-0.4, -0.2) is 0 Å². The summed E-state index contributed by atoms with van der Waals surface area (Å²) >= 11 is 0. The van der Waals surface area contributed by atoms with E-state index in [1.54, 1.807) is 16.7 Å². The molecule has 0 saturated heterocycles. The van der Waals surface area contributed by atoms with E-state index in [-0.39, 0.29) is 0 Å². The smallest absolute Gasteiger partial charge is 0.00949 e. The molecule has 2 unspecified atom stereocenters. The van der Waals surface area contributed by atoms with E-state index in [0.717, 1.165) is 17.8 Å². The zero-order valence-corrected chi connectivity index (χ0v) is 11.5. The van der Waals surface area contributed by atoms with Crippen LogP contribution in [0.4, 0.5) is 0 Å². The van der Waals surface area contributed by atoms with Gasteiger partial charge in [0.2, 0.25) is 0 Å². The van der Waals surface area contributed by atoms with Crippen LogP contribution in [0.2, 0.25) is 0 Å². The van der Waals surface area contributed by atoms with Crippen LogP contribution in [-0.2, 0) is 0 Å². The predicted octanol–water partition coefficient (Wildman–Crippen LogP) is 5.18. The Kier molecular flexibility index (Phi) is 2.53. The lowest BCUT2D eigenvalue weighted by molar-refractivity contribution is 0.262. The van der Waals surface area contributed by atoms with E-state index in [9.17, 15) is 0 Å². The lowest BCUT2D eigenvalue weighted by Crippen LogP contribution is -2.26. The molecule has 0 aromatic heterocycles. The molecule has 0 bridgehead atoms. The summed E-state index contributed by atoms with van der Waals surface area (Å²) in [5.74, 6) is 2.83. The molecule has 0 radical (unpaired) electrons. The summed E-state index contributed by atoms with van der Waals surface area (Å²) in [5.41, 5.74) is 7.06. The molecule has 0 heterocycles. The van der Waals surface area contributed by atoms with Gasteiger partial charge in [-0.15, -0.1) is 0 Å². The number of hydrogen-bond acceptors (Lipinski definition) is 0. The van der Waals surface area contributed by atoms with E-state index < -0.39 is 0 Å². The van der Waals surface area contributed by atoms with Crippen LogP contribution in [0, 0.1) is 17.8 Å². The van der Waals surface area contributed by atoms with Gasteiger partial charge in [0.05, 0.1) is 0 Å². The van der Waals surface area contributed by atoms with Crippen molar-refractivity contribution in [2.45, 2.75) is 58.3 Å². The summed E-state index contributed by atoms with van der Waals surface area (Å²) in [7, 11) is 0. The molecular formula is C18H24. The Hall–Kier alpha value is -0.780. The van der Waals surface area contributed by atoms with Crippen LogP contribution in [0.1, 0.15) is 58.3 Å². The van der Waals surface area contributed by atoms with Gasteiger partial charge in [0, 0.05) is 0 Å². The van der Waals surface area contributed by atoms with Crippen molar-refractivity contribution in [3.8, 4) is 0 Å². The highest BCUT2D eigenvalue weighted by Gasteiger charge is 2.40. The fraction of sp³-hybridized carbons (Fsp3) is 0.667. The molecule has 3 fully saturated rings. The lowest BCUT2D eigenvalue weighted by Gasteiger charge is -2.36. The Labute approximate surface area is 111 Å². The summed E-state index contributed by atoms with van der Waals surface area (Å²) < 4.78 is 0. The van der Waals surface area contributed by atoms with Gasteiger partial charge in [0.25, 0.3) is 0 Å². The van der Waals surface area contributed by atoms with Crippen molar-refractivity contribution in [2.24, 2.45) is 17.8 Å². The molecule has 18 heavy (non-hydrogen) atoms. The minimum atomic E-state index is 0.898. The molecule has 4 rings (SSSR count). The van der Waals surface area contributed by atoms with Gasteiger partial charge in [0.15, 0.2) is 0 Å². The molecule has 96 valence electrons. The highest BCUT2D eigenvalue weighted by atomic mass is 14.4. The first-order valence-corrected chi connectivity index (χ1v) is 7.98. The molecule has 0 aliphatic heterocycles. The monoisotopic (exact) mass is 240 g/mol. The molecule has 0 spiro atoms. The summed E-state index contributed by atoms with van der Waals surface area (Å²) in [4.78, 5) is 0. The zero-order valence-electron chi connectivity index (χ0n) is 11.5. The van der Waals surface area contributed by atoms with Gasteiger partial charge in [-0.05, 0) is 80.3 Å². The molecule has 0 heteroatoms. The SMILES string of the molecule is CCC(C1=CC2CCC2C(C2CC2)=CC1)=C1CC1. The van der Waals surface area contributed by atoms with Crippen LogP contribution < -0.4 is 0 Å².